The van der Waals surface area contributed by atoms with E-state index >= 15 is 0 Å². The molecule has 1 saturated heterocycles. The first-order valence-electron chi connectivity index (χ1n) is 8.98. The molecular weight excluding hydrogens is 330 g/mol. The Kier molecular flexibility index (Phi) is 7.15. The summed E-state index contributed by atoms with van der Waals surface area (Å²) in [6.45, 7) is 9.13. The van der Waals surface area contributed by atoms with E-state index in [1.54, 1.807) is 19.3 Å². The first-order chi connectivity index (χ1) is 12.5. The maximum absolute atomic E-state index is 12.5. The maximum Gasteiger partial charge on any atom is 0.270 e. The van der Waals surface area contributed by atoms with Gasteiger partial charge >= 0.3 is 0 Å². The van der Waals surface area contributed by atoms with Crippen LogP contribution in [0.15, 0.2) is 35.7 Å². The minimum Gasteiger partial charge on any atom is -0.386 e. The molecule has 142 valence electrons. The lowest BCUT2D eigenvalue weighted by Gasteiger charge is -2.26. The SMILES string of the molecule is C=C(N)NC(CC)C(C)/C(=N\C)c1ccnc(C(=O)N[C@H]2CCOC2)c1. The van der Waals surface area contributed by atoms with E-state index in [9.17, 15) is 4.79 Å². The predicted molar refractivity (Wildman–Crippen MR) is 103 cm³/mol. The van der Waals surface area contributed by atoms with Crippen molar-refractivity contribution in [2.24, 2.45) is 16.6 Å². The summed E-state index contributed by atoms with van der Waals surface area (Å²) in [6, 6.07) is 3.81. The van der Waals surface area contributed by atoms with Gasteiger partial charge in [0, 0.05) is 37.5 Å². The number of pyridine rings is 1. The summed E-state index contributed by atoms with van der Waals surface area (Å²) < 4.78 is 5.30. The Morgan fingerprint density at radius 3 is 2.92 bits per heavy atom. The maximum atomic E-state index is 12.5. The van der Waals surface area contributed by atoms with Crippen LogP contribution in [-0.2, 0) is 4.74 Å². The lowest BCUT2D eigenvalue weighted by atomic mass is 9.90. The fraction of sp³-hybridized carbons (Fsp3) is 0.526. The van der Waals surface area contributed by atoms with E-state index in [2.05, 4.69) is 41.0 Å². The molecule has 0 spiro atoms. The van der Waals surface area contributed by atoms with E-state index in [1.807, 2.05) is 6.07 Å². The third-order valence-electron chi connectivity index (χ3n) is 4.64. The summed E-state index contributed by atoms with van der Waals surface area (Å²) in [4.78, 5) is 21.1. The standard InChI is InChI=1S/C19H29N5O2/c1-5-16(23-13(3)20)12(2)18(21-4)14-6-8-22-17(10-14)19(25)24-15-7-9-26-11-15/h6,8,10,12,15-16,23H,3,5,7,9,11,20H2,1-2,4H3,(H,24,25)/b21-18+/t12?,15-,16?/m0/s1. The Bertz CT molecular complexity index is 668. The molecule has 0 aliphatic carbocycles. The largest absolute Gasteiger partial charge is 0.386 e. The number of aromatic nitrogens is 1. The molecule has 0 bridgehead atoms. The third-order valence-corrected chi connectivity index (χ3v) is 4.64. The lowest BCUT2D eigenvalue weighted by Crippen LogP contribution is -2.40. The molecule has 1 aromatic rings. The molecule has 3 atom stereocenters. The first kappa shape index (κ1) is 19.9. The molecule has 1 amide bonds. The molecule has 1 aliphatic heterocycles. The van der Waals surface area contributed by atoms with Crippen LogP contribution in [0.2, 0.25) is 0 Å². The highest BCUT2D eigenvalue weighted by Crippen LogP contribution is 2.17. The number of hydrogen-bond acceptors (Lipinski definition) is 6. The number of aliphatic imine (C=N–C) groups is 1. The van der Waals surface area contributed by atoms with Crippen LogP contribution >= 0.6 is 0 Å². The Balaban J connectivity index is 2.17. The topological polar surface area (TPSA) is 102 Å². The first-order valence-corrected chi connectivity index (χ1v) is 8.98. The summed E-state index contributed by atoms with van der Waals surface area (Å²) in [5.74, 6) is 0.338. The van der Waals surface area contributed by atoms with Crippen molar-refractivity contribution < 1.29 is 9.53 Å². The summed E-state index contributed by atoms with van der Waals surface area (Å²) in [5.41, 5.74) is 7.87. The van der Waals surface area contributed by atoms with E-state index in [1.165, 1.54) is 0 Å². The van der Waals surface area contributed by atoms with Crippen molar-refractivity contribution in [3.8, 4) is 0 Å². The van der Waals surface area contributed by atoms with E-state index in [0.29, 0.717) is 24.7 Å². The van der Waals surface area contributed by atoms with Crippen molar-refractivity contribution in [2.45, 2.75) is 38.8 Å². The van der Waals surface area contributed by atoms with Crippen LogP contribution in [0.5, 0.6) is 0 Å². The van der Waals surface area contributed by atoms with Crippen LogP contribution in [0, 0.1) is 5.92 Å². The zero-order valence-corrected chi connectivity index (χ0v) is 15.8. The molecule has 0 aromatic carbocycles. The van der Waals surface area contributed by atoms with Gasteiger partial charge in [-0.1, -0.05) is 20.4 Å². The quantitative estimate of drug-likeness (QED) is 0.610. The summed E-state index contributed by atoms with van der Waals surface area (Å²) in [7, 11) is 1.76. The number of carbonyl (C=O) groups is 1. The second-order valence-electron chi connectivity index (χ2n) is 6.55. The summed E-state index contributed by atoms with van der Waals surface area (Å²) in [6.07, 6.45) is 3.34. The lowest BCUT2D eigenvalue weighted by molar-refractivity contribution is 0.0925. The van der Waals surface area contributed by atoms with Crippen molar-refractivity contribution in [2.75, 3.05) is 20.3 Å². The molecule has 2 heterocycles. The van der Waals surface area contributed by atoms with Gasteiger partial charge in [0.15, 0.2) is 0 Å². The third kappa shape index (κ3) is 5.05. The van der Waals surface area contributed by atoms with Gasteiger partial charge in [0.05, 0.1) is 18.5 Å². The molecule has 2 unspecified atom stereocenters. The average Bonchev–Trinajstić information content (AvgIpc) is 3.13. The number of ether oxygens (including phenoxy) is 1. The highest BCUT2D eigenvalue weighted by molar-refractivity contribution is 6.04. The molecule has 0 saturated carbocycles. The highest BCUT2D eigenvalue weighted by atomic mass is 16.5. The van der Waals surface area contributed by atoms with Crippen molar-refractivity contribution in [3.05, 3.63) is 42.0 Å². The number of nitrogens with two attached hydrogens (primary N) is 1. The molecule has 7 nitrogen and oxygen atoms in total. The number of carbonyl (C=O) groups excluding carboxylic acids is 1. The number of hydrogen-bond donors (Lipinski definition) is 3. The average molecular weight is 359 g/mol. The van der Waals surface area contributed by atoms with Gasteiger partial charge in [0.25, 0.3) is 5.91 Å². The Hall–Kier alpha value is -2.41. The zero-order chi connectivity index (χ0) is 19.1. The number of amides is 1. The molecule has 1 fully saturated rings. The van der Waals surface area contributed by atoms with Gasteiger partial charge in [-0.15, -0.1) is 0 Å². The molecule has 4 N–H and O–H groups in total. The molecule has 7 heteroatoms. The van der Waals surface area contributed by atoms with Crippen LogP contribution in [0.25, 0.3) is 0 Å². The van der Waals surface area contributed by atoms with E-state index in [-0.39, 0.29) is 23.9 Å². The smallest absolute Gasteiger partial charge is 0.270 e. The van der Waals surface area contributed by atoms with Crippen LogP contribution in [0.1, 0.15) is 42.7 Å². The van der Waals surface area contributed by atoms with E-state index in [4.69, 9.17) is 10.5 Å². The Morgan fingerprint density at radius 1 is 1.58 bits per heavy atom. The van der Waals surface area contributed by atoms with Crippen molar-refractivity contribution in [1.82, 2.24) is 15.6 Å². The van der Waals surface area contributed by atoms with Crippen LogP contribution < -0.4 is 16.4 Å². The molecular formula is C19H29N5O2. The minimum atomic E-state index is -0.189. The molecule has 0 radical (unpaired) electrons. The zero-order valence-electron chi connectivity index (χ0n) is 15.8. The van der Waals surface area contributed by atoms with Gasteiger partial charge < -0.3 is 21.1 Å². The minimum absolute atomic E-state index is 0.0513. The Morgan fingerprint density at radius 2 is 2.35 bits per heavy atom. The second-order valence-corrected chi connectivity index (χ2v) is 6.55. The molecule has 1 aromatic heterocycles. The van der Waals surface area contributed by atoms with Gasteiger partial charge in [0.2, 0.25) is 0 Å². The van der Waals surface area contributed by atoms with Crippen LogP contribution in [-0.4, -0.2) is 48.9 Å². The van der Waals surface area contributed by atoms with E-state index < -0.39 is 0 Å². The van der Waals surface area contributed by atoms with Crippen molar-refractivity contribution in [3.63, 3.8) is 0 Å². The number of rotatable bonds is 8. The van der Waals surface area contributed by atoms with Crippen LogP contribution in [0.3, 0.4) is 0 Å². The Labute approximate surface area is 155 Å². The monoisotopic (exact) mass is 359 g/mol. The van der Waals surface area contributed by atoms with Gasteiger partial charge in [-0.2, -0.15) is 0 Å². The normalized spacial score (nSPS) is 19.7. The molecule has 26 heavy (non-hydrogen) atoms. The second kappa shape index (κ2) is 9.33. The summed E-state index contributed by atoms with van der Waals surface area (Å²) in [5, 5.41) is 6.15. The van der Waals surface area contributed by atoms with Crippen molar-refractivity contribution in [1.29, 1.82) is 0 Å². The molecule has 1 aliphatic rings. The van der Waals surface area contributed by atoms with Gasteiger partial charge in [-0.3, -0.25) is 14.8 Å². The van der Waals surface area contributed by atoms with E-state index in [0.717, 1.165) is 24.1 Å². The fourth-order valence-electron chi connectivity index (χ4n) is 3.23. The predicted octanol–water partition coefficient (Wildman–Crippen LogP) is 1.45. The number of nitrogens with zero attached hydrogens (tertiary/aromatic N) is 2. The van der Waals surface area contributed by atoms with Gasteiger partial charge in [0.1, 0.15) is 5.69 Å². The van der Waals surface area contributed by atoms with Crippen LogP contribution in [0.4, 0.5) is 0 Å². The van der Waals surface area contributed by atoms with Crippen molar-refractivity contribution >= 4 is 11.6 Å². The van der Waals surface area contributed by atoms with Gasteiger partial charge in [-0.25, -0.2) is 0 Å². The number of nitrogens with one attached hydrogen (secondary N) is 2. The molecule has 2 rings (SSSR count). The van der Waals surface area contributed by atoms with Gasteiger partial charge in [-0.05, 0) is 30.5 Å². The summed E-state index contributed by atoms with van der Waals surface area (Å²) >= 11 is 0. The highest BCUT2D eigenvalue weighted by Gasteiger charge is 2.23. The fourth-order valence-corrected chi connectivity index (χ4v) is 3.23.